The van der Waals surface area contributed by atoms with Gasteiger partial charge in [-0.2, -0.15) is 0 Å². The normalized spacial score (nSPS) is 23.1. The minimum atomic E-state index is -1.42. The fraction of sp³-hybridized carbons (Fsp3) is 0.333. The molecule has 1 aliphatic heterocycles. The number of rotatable bonds is 5. The Labute approximate surface area is 125 Å². The van der Waals surface area contributed by atoms with Crippen LogP contribution < -0.4 is 0 Å². The maximum atomic E-state index is 11.6. The average Bonchev–Trinajstić information content (AvgIpc) is 2.73. The van der Waals surface area contributed by atoms with E-state index in [0.29, 0.717) is 0 Å². The Morgan fingerprint density at radius 2 is 2.09 bits per heavy atom. The van der Waals surface area contributed by atoms with E-state index in [-0.39, 0.29) is 36.2 Å². The van der Waals surface area contributed by atoms with Crippen molar-refractivity contribution in [2.24, 2.45) is 5.41 Å². The van der Waals surface area contributed by atoms with Crippen LogP contribution in [0.25, 0.3) is 0 Å². The Hall–Kier alpha value is -2.70. The molecule has 1 aliphatic carbocycles. The highest BCUT2D eigenvalue weighted by molar-refractivity contribution is 6.14. The minimum Gasteiger partial charge on any atom is -0.481 e. The largest absolute Gasteiger partial charge is 0.481 e. The van der Waals surface area contributed by atoms with Crippen molar-refractivity contribution in [1.29, 1.82) is 0 Å². The fourth-order valence-corrected chi connectivity index (χ4v) is 2.26. The van der Waals surface area contributed by atoms with Crippen LogP contribution in [0, 0.1) is 5.41 Å². The molecule has 1 atom stereocenters. The molecule has 0 radical (unpaired) electrons. The van der Waals surface area contributed by atoms with Crippen molar-refractivity contribution < 1.29 is 33.8 Å². The summed E-state index contributed by atoms with van der Waals surface area (Å²) in [4.78, 5) is 45.9. The van der Waals surface area contributed by atoms with E-state index in [4.69, 9.17) is 4.74 Å². The van der Waals surface area contributed by atoms with Crippen molar-refractivity contribution in [3.63, 3.8) is 0 Å². The molecule has 7 heteroatoms. The number of ether oxygens (including phenoxy) is 2. The summed E-state index contributed by atoms with van der Waals surface area (Å²) in [5, 5.41) is 9.47. The highest BCUT2D eigenvalue weighted by Crippen LogP contribution is 2.40. The number of cyclic esters (lactones) is 2. The predicted molar refractivity (Wildman–Crippen MR) is 72.3 cm³/mol. The molecule has 0 amide bonds. The zero-order valence-electron chi connectivity index (χ0n) is 11.9. The third-order valence-corrected chi connectivity index (χ3v) is 3.59. The number of carboxylic acid groups (broad SMARTS) is 1. The molecule has 0 fully saturated rings. The van der Waals surface area contributed by atoms with Crippen LogP contribution >= 0.6 is 0 Å². The van der Waals surface area contributed by atoms with Gasteiger partial charge in [0.2, 0.25) is 0 Å². The van der Waals surface area contributed by atoms with Crippen molar-refractivity contribution >= 4 is 23.9 Å². The van der Waals surface area contributed by atoms with Crippen molar-refractivity contribution in [1.82, 2.24) is 0 Å². The molecule has 0 aromatic rings. The lowest BCUT2D eigenvalue weighted by molar-refractivity contribution is -0.151. The Bertz CT molecular complexity index is 653. The van der Waals surface area contributed by atoms with E-state index in [1.807, 2.05) is 0 Å². The van der Waals surface area contributed by atoms with E-state index in [9.17, 15) is 24.3 Å². The predicted octanol–water partition coefficient (Wildman–Crippen LogP) is 0.907. The Morgan fingerprint density at radius 3 is 2.68 bits per heavy atom. The summed E-state index contributed by atoms with van der Waals surface area (Å²) in [7, 11) is 0. The first kappa shape index (κ1) is 15.7. The van der Waals surface area contributed by atoms with Gasteiger partial charge in [0.05, 0.1) is 23.2 Å². The van der Waals surface area contributed by atoms with E-state index >= 15 is 0 Å². The number of hydrogen-bond donors (Lipinski definition) is 1. The molecule has 22 heavy (non-hydrogen) atoms. The van der Waals surface area contributed by atoms with Crippen LogP contribution in [0.5, 0.6) is 0 Å². The lowest BCUT2D eigenvalue weighted by Gasteiger charge is -2.28. The number of esters is 3. The van der Waals surface area contributed by atoms with Crippen LogP contribution in [-0.2, 0) is 28.7 Å². The van der Waals surface area contributed by atoms with E-state index in [0.717, 1.165) is 0 Å². The van der Waals surface area contributed by atoms with Gasteiger partial charge in [-0.05, 0) is 13.0 Å². The molecule has 2 rings (SSSR count). The number of carbonyl (C=O) groups excluding carboxylic acids is 3. The van der Waals surface area contributed by atoms with Gasteiger partial charge in [0, 0.05) is 18.4 Å². The highest BCUT2D eigenvalue weighted by Gasteiger charge is 2.45. The SMILES string of the molecule is C=C(C)C(=O)OCCC1(C(=O)O)C=CC2=C(C1)C(=O)OC2=O. The summed E-state index contributed by atoms with van der Waals surface area (Å²) in [5.74, 6) is -3.39. The first-order valence-electron chi connectivity index (χ1n) is 6.52. The molecule has 0 aromatic heterocycles. The number of hydrogen-bond acceptors (Lipinski definition) is 6. The van der Waals surface area contributed by atoms with Gasteiger partial charge in [0.1, 0.15) is 0 Å². The first-order valence-corrected chi connectivity index (χ1v) is 6.52. The average molecular weight is 306 g/mol. The molecule has 0 bridgehead atoms. The summed E-state index contributed by atoms with van der Waals surface area (Å²) >= 11 is 0. The van der Waals surface area contributed by atoms with Crippen molar-refractivity contribution in [3.05, 3.63) is 35.5 Å². The van der Waals surface area contributed by atoms with E-state index in [1.165, 1.54) is 19.1 Å². The van der Waals surface area contributed by atoms with E-state index in [1.54, 1.807) is 0 Å². The lowest BCUT2D eigenvalue weighted by atomic mass is 9.74. The standard InChI is InChI=1S/C15H14O7/c1-8(2)11(16)21-6-5-15(14(19)20)4-3-9-10(7-15)13(18)22-12(9)17/h3-4H,1,5-7H2,2H3,(H,19,20). The van der Waals surface area contributed by atoms with Gasteiger partial charge in [-0.1, -0.05) is 12.7 Å². The summed E-state index contributed by atoms with van der Waals surface area (Å²) < 4.78 is 9.37. The third-order valence-electron chi connectivity index (χ3n) is 3.59. The van der Waals surface area contributed by atoms with E-state index < -0.39 is 29.3 Å². The van der Waals surface area contributed by atoms with Gasteiger partial charge in [0.15, 0.2) is 0 Å². The van der Waals surface area contributed by atoms with Crippen LogP contribution in [0.2, 0.25) is 0 Å². The monoisotopic (exact) mass is 306 g/mol. The van der Waals surface area contributed by atoms with Gasteiger partial charge in [-0.3, -0.25) is 4.79 Å². The molecule has 1 N–H and O–H groups in total. The molecular weight excluding hydrogens is 292 g/mol. The maximum Gasteiger partial charge on any atom is 0.346 e. The topological polar surface area (TPSA) is 107 Å². The van der Waals surface area contributed by atoms with Gasteiger partial charge < -0.3 is 14.6 Å². The second-order valence-corrected chi connectivity index (χ2v) is 5.21. The molecule has 0 saturated carbocycles. The van der Waals surface area contributed by atoms with Crippen LogP contribution in [0.15, 0.2) is 35.5 Å². The molecule has 7 nitrogen and oxygen atoms in total. The molecule has 2 aliphatic rings. The summed E-state index contributed by atoms with van der Waals surface area (Å²) in [6.07, 6.45) is 2.41. The summed E-state index contributed by atoms with van der Waals surface area (Å²) in [6, 6.07) is 0. The molecular formula is C15H14O7. The number of carbonyl (C=O) groups is 4. The van der Waals surface area contributed by atoms with Crippen molar-refractivity contribution in [3.8, 4) is 0 Å². The molecule has 1 unspecified atom stereocenters. The number of carboxylic acids is 1. The molecule has 0 saturated heterocycles. The smallest absolute Gasteiger partial charge is 0.346 e. The van der Waals surface area contributed by atoms with Crippen molar-refractivity contribution in [2.45, 2.75) is 19.8 Å². The highest BCUT2D eigenvalue weighted by atomic mass is 16.6. The Kier molecular flexibility index (Phi) is 3.99. The van der Waals surface area contributed by atoms with E-state index in [2.05, 4.69) is 11.3 Å². The molecule has 1 heterocycles. The summed E-state index contributed by atoms with van der Waals surface area (Å²) in [6.45, 7) is 4.76. The van der Waals surface area contributed by atoms with Crippen LogP contribution in [-0.4, -0.2) is 35.6 Å². The molecule has 0 spiro atoms. The second kappa shape index (κ2) is 5.59. The Balaban J connectivity index is 2.14. The second-order valence-electron chi connectivity index (χ2n) is 5.21. The summed E-state index contributed by atoms with van der Waals surface area (Å²) in [5.41, 5.74) is -1.09. The quantitative estimate of drug-likeness (QED) is 0.457. The van der Waals surface area contributed by atoms with Gasteiger partial charge in [-0.15, -0.1) is 0 Å². The number of aliphatic carboxylic acids is 1. The van der Waals surface area contributed by atoms with Crippen LogP contribution in [0.3, 0.4) is 0 Å². The van der Waals surface area contributed by atoms with Crippen LogP contribution in [0.1, 0.15) is 19.8 Å². The minimum absolute atomic E-state index is 0.0316. The van der Waals surface area contributed by atoms with Gasteiger partial charge in [0.25, 0.3) is 0 Å². The fourth-order valence-electron chi connectivity index (χ4n) is 2.26. The molecule has 116 valence electrons. The molecule has 0 aromatic carbocycles. The Morgan fingerprint density at radius 1 is 1.41 bits per heavy atom. The lowest BCUT2D eigenvalue weighted by Crippen LogP contribution is -2.33. The van der Waals surface area contributed by atoms with Crippen LogP contribution in [0.4, 0.5) is 0 Å². The van der Waals surface area contributed by atoms with Crippen molar-refractivity contribution in [2.75, 3.05) is 6.61 Å². The maximum absolute atomic E-state index is 11.6. The zero-order chi connectivity index (χ0) is 16.5. The van der Waals surface area contributed by atoms with Gasteiger partial charge in [-0.25, -0.2) is 14.4 Å². The zero-order valence-corrected chi connectivity index (χ0v) is 11.9. The van der Waals surface area contributed by atoms with Gasteiger partial charge >= 0.3 is 23.9 Å². The third kappa shape index (κ3) is 2.69. The first-order chi connectivity index (χ1) is 10.3.